The smallest absolute Gasteiger partial charge is 0.417 e. The van der Waals surface area contributed by atoms with E-state index in [1.54, 1.807) is 48.5 Å². The van der Waals surface area contributed by atoms with E-state index >= 15 is 9.59 Å². The van der Waals surface area contributed by atoms with Crippen LogP contribution in [0.1, 0.15) is 53.9 Å². The molecule has 0 bridgehead atoms. The number of rotatable bonds is 10. The van der Waals surface area contributed by atoms with Gasteiger partial charge in [-0.3, -0.25) is 34.4 Å². The molecule has 62 heavy (non-hydrogen) atoms. The van der Waals surface area contributed by atoms with Crippen molar-refractivity contribution in [2.45, 2.75) is 55.8 Å². The average Bonchev–Trinajstić information content (AvgIpc) is 3.64. The molecule has 3 aromatic carbocycles. The number of aromatic nitrogens is 1. The fourth-order valence-electron chi connectivity index (χ4n) is 10.6. The molecule has 3 aliphatic heterocycles. The van der Waals surface area contributed by atoms with Crippen LogP contribution in [0.4, 0.5) is 19.0 Å². The summed E-state index contributed by atoms with van der Waals surface area (Å²) < 4.78 is 46.4. The molecule has 322 valence electrons. The Balaban J connectivity index is 1.11. The minimum Gasteiger partial charge on any atom is -0.491 e. The van der Waals surface area contributed by atoms with Crippen LogP contribution in [-0.2, 0) is 37.3 Å². The van der Waals surface area contributed by atoms with E-state index in [1.807, 2.05) is 24.3 Å². The predicted octanol–water partition coefficient (Wildman–Crippen LogP) is 7.43. The Kier molecular flexibility index (Phi) is 11.2. The highest BCUT2D eigenvalue weighted by Crippen LogP contribution is 2.64. The topological polar surface area (TPSA) is 132 Å². The van der Waals surface area contributed by atoms with Gasteiger partial charge in [0.25, 0.3) is 11.8 Å². The number of nitrogens with one attached hydrogen (secondary N) is 1. The van der Waals surface area contributed by atoms with Gasteiger partial charge in [0.2, 0.25) is 11.8 Å². The number of hydrogen-bond acceptors (Lipinski definition) is 9. The number of anilines is 1. The van der Waals surface area contributed by atoms with Crippen LogP contribution < -0.4 is 10.2 Å². The van der Waals surface area contributed by atoms with Gasteiger partial charge in [-0.1, -0.05) is 89.4 Å². The van der Waals surface area contributed by atoms with Crippen LogP contribution >= 0.6 is 23.2 Å². The number of aliphatic hydroxyl groups is 1. The molecule has 4 aromatic rings. The highest BCUT2D eigenvalue weighted by atomic mass is 35.5. The number of alkyl halides is 3. The van der Waals surface area contributed by atoms with Crippen LogP contribution in [0.2, 0.25) is 10.0 Å². The number of allylic oxidation sites excluding steroid dienone is 2. The zero-order valence-electron chi connectivity index (χ0n) is 33.2. The summed E-state index contributed by atoms with van der Waals surface area (Å²) >= 11 is 12.7. The van der Waals surface area contributed by atoms with Gasteiger partial charge in [0, 0.05) is 42.8 Å². The molecule has 9 rings (SSSR count). The molecule has 4 heterocycles. The van der Waals surface area contributed by atoms with Gasteiger partial charge in [-0.15, -0.1) is 0 Å². The summed E-state index contributed by atoms with van der Waals surface area (Å²) in [4.78, 5) is 67.4. The van der Waals surface area contributed by atoms with E-state index in [-0.39, 0.29) is 49.7 Å². The molecule has 5 aliphatic rings. The van der Waals surface area contributed by atoms with Crippen molar-refractivity contribution >= 4 is 52.6 Å². The number of fused-ring (bicyclic) bond motifs is 4. The summed E-state index contributed by atoms with van der Waals surface area (Å²) in [5.41, 5.74) is 2.86. The van der Waals surface area contributed by atoms with Gasteiger partial charge in [-0.25, -0.2) is 4.98 Å². The number of halogens is 5. The quantitative estimate of drug-likeness (QED) is 0.123. The van der Waals surface area contributed by atoms with E-state index in [0.717, 1.165) is 17.1 Å². The molecule has 1 aromatic heterocycles. The van der Waals surface area contributed by atoms with Gasteiger partial charge in [0.1, 0.15) is 12.4 Å². The Hall–Kier alpha value is -5.28. The molecular weight excluding hydrogens is 846 g/mol. The number of amides is 4. The molecule has 11 nitrogen and oxygen atoms in total. The Bertz CT molecular complexity index is 2430. The zero-order valence-corrected chi connectivity index (χ0v) is 34.7. The van der Waals surface area contributed by atoms with Gasteiger partial charge in [-0.2, -0.15) is 18.2 Å². The molecule has 0 radical (unpaired) electrons. The summed E-state index contributed by atoms with van der Waals surface area (Å²) in [6.45, 7) is 2.02. The van der Waals surface area contributed by atoms with Crippen LogP contribution in [0.25, 0.3) is 0 Å². The van der Waals surface area contributed by atoms with E-state index in [4.69, 9.17) is 27.9 Å². The number of ether oxygens (including phenoxy) is 1. The first-order valence-electron chi connectivity index (χ1n) is 20.6. The van der Waals surface area contributed by atoms with Gasteiger partial charge in [0.15, 0.2) is 5.82 Å². The van der Waals surface area contributed by atoms with Crippen LogP contribution in [-0.4, -0.2) is 80.9 Å². The molecule has 2 N–H and O–H groups in total. The van der Waals surface area contributed by atoms with E-state index in [2.05, 4.69) is 27.4 Å². The second-order valence-electron chi connectivity index (χ2n) is 16.6. The maximum Gasteiger partial charge on any atom is 0.417 e. The van der Waals surface area contributed by atoms with Gasteiger partial charge in [0.05, 0.1) is 40.4 Å². The Morgan fingerprint density at radius 2 is 1.60 bits per heavy atom. The van der Waals surface area contributed by atoms with Crippen molar-refractivity contribution in [1.82, 2.24) is 19.8 Å². The summed E-state index contributed by atoms with van der Waals surface area (Å²) in [5, 5.41) is 10.1. The molecule has 6 unspecified atom stereocenters. The maximum absolute atomic E-state index is 15.5. The SMILES string of the molecule is O=C1C2CC3C(=CCC4C(=O)N(C5CCN(Cc6ccccc6)CC5)C(=O)C43)C(c3ccc(OCCO)cc3)C2(c2ccc(Cl)cc2)C(=O)N1Nc1ncc(C(F)(F)F)cc1Cl. The number of benzene rings is 3. The Morgan fingerprint density at radius 3 is 2.26 bits per heavy atom. The fraction of sp³-hybridized carbons (Fsp3) is 0.370. The summed E-state index contributed by atoms with van der Waals surface area (Å²) in [7, 11) is 0. The molecule has 4 fully saturated rings. The van der Waals surface area contributed by atoms with Crippen molar-refractivity contribution in [2.75, 3.05) is 31.7 Å². The van der Waals surface area contributed by atoms with E-state index in [9.17, 15) is 27.9 Å². The molecular formula is C46H42Cl2F3N5O6. The number of pyridine rings is 1. The van der Waals surface area contributed by atoms with Crippen molar-refractivity contribution in [1.29, 1.82) is 0 Å². The lowest BCUT2D eigenvalue weighted by Gasteiger charge is -2.50. The van der Waals surface area contributed by atoms with E-state index < -0.39 is 63.6 Å². The minimum absolute atomic E-state index is 0.0170. The molecule has 6 atom stereocenters. The van der Waals surface area contributed by atoms with Crippen molar-refractivity contribution < 1.29 is 42.2 Å². The molecule has 1 saturated carbocycles. The van der Waals surface area contributed by atoms with Gasteiger partial charge in [-0.05, 0) is 78.6 Å². The standard InChI is InChI=1S/C46H42Cl2F3N5O6/c47-30-10-8-28(9-11-30)45-36(42(59)56(44(45)61)53-40-37(48)22-29(24-52-40)46(49,50)51)23-35-33(39(45)27-6-12-32(13-7-27)62-21-20-57)14-15-34-38(35)43(60)55(41(34)58)31-16-18-54(19-17-31)25-26-4-2-1-3-5-26/h1-14,22,24,31,34-36,38-39,57H,15-21,23,25H2,(H,52,53). The third-order valence-corrected chi connectivity index (χ3v) is 13.9. The van der Waals surface area contributed by atoms with E-state index in [1.165, 1.54) is 10.5 Å². The first-order valence-corrected chi connectivity index (χ1v) is 21.4. The average molecular weight is 889 g/mol. The first-order chi connectivity index (χ1) is 29.8. The third-order valence-electron chi connectivity index (χ3n) is 13.3. The zero-order chi connectivity index (χ0) is 43.5. The highest BCUT2D eigenvalue weighted by Gasteiger charge is 2.70. The largest absolute Gasteiger partial charge is 0.491 e. The summed E-state index contributed by atoms with van der Waals surface area (Å²) in [6, 6.07) is 24.1. The van der Waals surface area contributed by atoms with Crippen LogP contribution in [0, 0.1) is 23.7 Å². The molecule has 0 spiro atoms. The van der Waals surface area contributed by atoms with Crippen LogP contribution in [0.15, 0.2) is 103 Å². The summed E-state index contributed by atoms with van der Waals surface area (Å²) in [5.74, 6) is -5.90. The van der Waals surface area contributed by atoms with Gasteiger partial charge >= 0.3 is 6.18 Å². The Morgan fingerprint density at radius 1 is 0.887 bits per heavy atom. The summed E-state index contributed by atoms with van der Waals surface area (Å²) in [6.07, 6.45) is -0.717. The molecule has 4 amide bonds. The number of hydrogen-bond donors (Lipinski definition) is 2. The first kappa shape index (κ1) is 42.0. The number of nitrogens with zero attached hydrogens (tertiary/aromatic N) is 4. The van der Waals surface area contributed by atoms with E-state index in [0.29, 0.717) is 60.1 Å². The van der Waals surface area contributed by atoms with Crippen molar-refractivity contribution in [3.05, 3.63) is 135 Å². The lowest BCUT2D eigenvalue weighted by molar-refractivity contribution is -0.144. The number of aliphatic hydroxyl groups excluding tert-OH is 1. The van der Waals surface area contributed by atoms with Crippen molar-refractivity contribution in [3.8, 4) is 5.75 Å². The number of imide groups is 2. The Labute approximate surface area is 365 Å². The van der Waals surface area contributed by atoms with Crippen LogP contribution in [0.3, 0.4) is 0 Å². The molecule has 3 saturated heterocycles. The lowest BCUT2D eigenvalue weighted by Crippen LogP contribution is -2.53. The monoisotopic (exact) mass is 887 g/mol. The molecule has 2 aliphatic carbocycles. The van der Waals surface area contributed by atoms with Crippen molar-refractivity contribution in [3.63, 3.8) is 0 Å². The second kappa shape index (κ2) is 16.4. The highest BCUT2D eigenvalue weighted by molar-refractivity contribution is 6.33. The van der Waals surface area contributed by atoms with Gasteiger partial charge < -0.3 is 9.84 Å². The number of likely N-dealkylation sites (tertiary alicyclic amines) is 2. The number of hydrazine groups is 1. The van der Waals surface area contributed by atoms with Crippen molar-refractivity contribution in [2.24, 2.45) is 23.7 Å². The normalized spacial score (nSPS) is 26.6. The fourth-order valence-corrected chi connectivity index (χ4v) is 11.0. The third kappa shape index (κ3) is 7.14. The number of carbonyl (C=O) groups is 4. The van der Waals surface area contributed by atoms with Crippen LogP contribution in [0.5, 0.6) is 5.75 Å². The lowest BCUT2D eigenvalue weighted by atomic mass is 9.49. The number of piperidine rings is 1. The predicted molar refractivity (Wildman–Crippen MR) is 222 cm³/mol. The second-order valence-corrected chi connectivity index (χ2v) is 17.4. The molecule has 16 heteroatoms. The number of carbonyl (C=O) groups excluding carboxylic acids is 4. The maximum atomic E-state index is 15.5. The minimum atomic E-state index is -4.75.